The van der Waals surface area contributed by atoms with Crippen LogP contribution in [-0.4, -0.2) is 16.7 Å². The maximum absolute atomic E-state index is 12.1. The third-order valence-corrected chi connectivity index (χ3v) is 5.34. The molecule has 0 atom stereocenters. The normalized spacial score (nSPS) is 11.5. The van der Waals surface area contributed by atoms with Crippen LogP contribution in [0.25, 0.3) is 10.6 Å². The monoisotopic (exact) mass is 384 g/mol. The van der Waals surface area contributed by atoms with Crippen molar-refractivity contribution >= 4 is 34.6 Å². The van der Waals surface area contributed by atoms with Gasteiger partial charge in [-0.3, -0.25) is 0 Å². The SMILES string of the molecule is C/C(=N\OC(=O)c1ccc(C)cc1)c1sc(-c2ccc(Cl)cc2)nc1C. The molecule has 4 nitrogen and oxygen atoms in total. The van der Waals surface area contributed by atoms with Gasteiger partial charge >= 0.3 is 5.97 Å². The minimum atomic E-state index is -0.482. The van der Waals surface area contributed by atoms with Crippen molar-refractivity contribution in [2.24, 2.45) is 5.16 Å². The zero-order valence-electron chi connectivity index (χ0n) is 14.6. The van der Waals surface area contributed by atoms with Crippen LogP contribution < -0.4 is 0 Å². The molecule has 0 saturated heterocycles. The summed E-state index contributed by atoms with van der Waals surface area (Å²) in [5.74, 6) is -0.482. The maximum Gasteiger partial charge on any atom is 0.365 e. The first kappa shape index (κ1) is 18.3. The Kier molecular flexibility index (Phi) is 5.49. The van der Waals surface area contributed by atoms with E-state index in [-0.39, 0.29) is 0 Å². The fourth-order valence-electron chi connectivity index (χ4n) is 2.34. The summed E-state index contributed by atoms with van der Waals surface area (Å²) in [6.07, 6.45) is 0. The highest BCUT2D eigenvalue weighted by Gasteiger charge is 2.13. The third kappa shape index (κ3) is 4.18. The molecule has 0 aliphatic rings. The second kappa shape index (κ2) is 7.81. The van der Waals surface area contributed by atoms with Crippen molar-refractivity contribution in [2.75, 3.05) is 0 Å². The smallest absolute Gasteiger partial charge is 0.313 e. The second-order valence-electron chi connectivity index (χ2n) is 5.86. The zero-order chi connectivity index (χ0) is 18.7. The maximum atomic E-state index is 12.1. The largest absolute Gasteiger partial charge is 0.365 e. The number of thiazole rings is 1. The highest BCUT2D eigenvalue weighted by atomic mass is 35.5. The van der Waals surface area contributed by atoms with E-state index in [1.165, 1.54) is 11.3 Å². The van der Waals surface area contributed by atoms with E-state index in [1.807, 2.05) is 50.2 Å². The first-order valence-electron chi connectivity index (χ1n) is 8.00. The van der Waals surface area contributed by atoms with Crippen molar-refractivity contribution in [3.05, 3.63) is 75.3 Å². The van der Waals surface area contributed by atoms with Gasteiger partial charge in [-0.1, -0.05) is 46.6 Å². The molecule has 0 aliphatic carbocycles. The van der Waals surface area contributed by atoms with E-state index in [9.17, 15) is 4.79 Å². The number of oxime groups is 1. The van der Waals surface area contributed by atoms with Crippen LogP contribution in [-0.2, 0) is 4.84 Å². The van der Waals surface area contributed by atoms with Gasteiger partial charge in [0.25, 0.3) is 0 Å². The molecule has 0 bridgehead atoms. The number of aromatic nitrogens is 1. The number of halogens is 1. The molecule has 0 N–H and O–H groups in total. The van der Waals surface area contributed by atoms with E-state index in [2.05, 4.69) is 10.1 Å². The lowest BCUT2D eigenvalue weighted by molar-refractivity contribution is 0.0516. The Hall–Kier alpha value is -2.50. The summed E-state index contributed by atoms with van der Waals surface area (Å²) in [6.45, 7) is 5.67. The average molecular weight is 385 g/mol. The molecule has 0 saturated carbocycles. The Morgan fingerprint density at radius 1 is 1.08 bits per heavy atom. The molecule has 3 aromatic rings. The zero-order valence-corrected chi connectivity index (χ0v) is 16.2. The van der Waals surface area contributed by atoms with E-state index >= 15 is 0 Å². The number of rotatable bonds is 4. The minimum Gasteiger partial charge on any atom is -0.313 e. The van der Waals surface area contributed by atoms with Crippen molar-refractivity contribution in [3.63, 3.8) is 0 Å². The second-order valence-corrected chi connectivity index (χ2v) is 7.30. The number of carbonyl (C=O) groups excluding carboxylic acids is 1. The average Bonchev–Trinajstić information content (AvgIpc) is 3.02. The summed E-state index contributed by atoms with van der Waals surface area (Å²) in [5.41, 5.74) is 3.98. The number of aryl methyl sites for hydroxylation is 2. The molecule has 1 aromatic heterocycles. The summed E-state index contributed by atoms with van der Waals surface area (Å²) < 4.78 is 0. The molecule has 0 spiro atoms. The topological polar surface area (TPSA) is 51.5 Å². The fourth-order valence-corrected chi connectivity index (χ4v) is 3.48. The van der Waals surface area contributed by atoms with Crippen molar-refractivity contribution in [2.45, 2.75) is 20.8 Å². The van der Waals surface area contributed by atoms with Crippen LogP contribution in [0.4, 0.5) is 0 Å². The summed E-state index contributed by atoms with van der Waals surface area (Å²) in [6, 6.07) is 14.7. The molecule has 132 valence electrons. The van der Waals surface area contributed by atoms with Gasteiger partial charge in [-0.05, 0) is 45.0 Å². The minimum absolute atomic E-state index is 0.468. The van der Waals surface area contributed by atoms with Crippen molar-refractivity contribution in [1.29, 1.82) is 0 Å². The summed E-state index contributed by atoms with van der Waals surface area (Å²) >= 11 is 7.43. The van der Waals surface area contributed by atoms with Crippen molar-refractivity contribution < 1.29 is 9.63 Å². The Bertz CT molecular complexity index is 960. The van der Waals surface area contributed by atoms with Gasteiger partial charge in [-0.25, -0.2) is 9.78 Å². The first-order chi connectivity index (χ1) is 12.4. The van der Waals surface area contributed by atoms with Gasteiger partial charge in [0.2, 0.25) is 0 Å². The van der Waals surface area contributed by atoms with Crippen LogP contribution in [0, 0.1) is 13.8 Å². The molecule has 3 rings (SSSR count). The number of hydrogen-bond acceptors (Lipinski definition) is 5. The van der Waals surface area contributed by atoms with Crippen LogP contribution in [0.5, 0.6) is 0 Å². The summed E-state index contributed by atoms with van der Waals surface area (Å²) in [5, 5.41) is 5.54. The Labute approximate surface area is 161 Å². The molecule has 6 heteroatoms. The molecule has 1 heterocycles. The lowest BCUT2D eigenvalue weighted by Gasteiger charge is -2.00. The van der Waals surface area contributed by atoms with E-state index in [0.717, 1.165) is 26.7 Å². The van der Waals surface area contributed by atoms with Gasteiger partial charge in [0, 0.05) is 10.6 Å². The number of benzene rings is 2. The van der Waals surface area contributed by atoms with Crippen molar-refractivity contribution in [1.82, 2.24) is 4.98 Å². The van der Waals surface area contributed by atoms with E-state index in [4.69, 9.17) is 16.4 Å². The molecule has 2 aromatic carbocycles. The van der Waals surface area contributed by atoms with E-state index in [0.29, 0.717) is 16.3 Å². The molecular weight excluding hydrogens is 368 g/mol. The Morgan fingerprint density at radius 2 is 1.73 bits per heavy atom. The van der Waals surface area contributed by atoms with Gasteiger partial charge in [-0.2, -0.15) is 0 Å². The fraction of sp³-hybridized carbons (Fsp3) is 0.150. The van der Waals surface area contributed by atoms with Crippen LogP contribution in [0.1, 0.15) is 33.4 Å². The number of carbonyl (C=O) groups is 1. The lowest BCUT2D eigenvalue weighted by atomic mass is 10.2. The van der Waals surface area contributed by atoms with Crippen LogP contribution >= 0.6 is 22.9 Å². The van der Waals surface area contributed by atoms with Crippen LogP contribution in [0.3, 0.4) is 0 Å². The highest BCUT2D eigenvalue weighted by molar-refractivity contribution is 7.17. The summed E-state index contributed by atoms with van der Waals surface area (Å²) in [7, 11) is 0. The predicted molar refractivity (Wildman–Crippen MR) is 106 cm³/mol. The molecule has 26 heavy (non-hydrogen) atoms. The number of hydrogen-bond donors (Lipinski definition) is 0. The molecule has 0 radical (unpaired) electrons. The summed E-state index contributed by atoms with van der Waals surface area (Å²) in [4.78, 5) is 22.6. The van der Waals surface area contributed by atoms with E-state index < -0.39 is 5.97 Å². The Morgan fingerprint density at radius 3 is 2.38 bits per heavy atom. The molecular formula is C20H17ClN2O2S. The van der Waals surface area contributed by atoms with Gasteiger partial charge in [0.05, 0.1) is 21.8 Å². The molecule has 0 aliphatic heterocycles. The molecule has 0 fully saturated rings. The predicted octanol–water partition coefficient (Wildman–Crippen LogP) is 5.66. The quantitative estimate of drug-likeness (QED) is 0.331. The third-order valence-electron chi connectivity index (χ3n) is 3.77. The van der Waals surface area contributed by atoms with Crippen LogP contribution in [0.2, 0.25) is 5.02 Å². The van der Waals surface area contributed by atoms with Crippen molar-refractivity contribution in [3.8, 4) is 10.6 Å². The lowest BCUT2D eigenvalue weighted by Crippen LogP contribution is -2.03. The molecule has 0 unspecified atom stereocenters. The van der Waals surface area contributed by atoms with E-state index in [1.54, 1.807) is 19.1 Å². The molecule has 0 amide bonds. The van der Waals surface area contributed by atoms with Gasteiger partial charge in [0.1, 0.15) is 5.01 Å². The Balaban J connectivity index is 1.77. The number of nitrogens with zero attached hydrogens (tertiary/aromatic N) is 2. The standard InChI is InChI=1S/C20H17ClN2O2S/c1-12-4-6-16(7-5-12)20(24)25-23-14(3)18-13(2)22-19(26-18)15-8-10-17(21)11-9-15/h4-11H,1-3H3/b23-14+. The van der Waals surface area contributed by atoms with Gasteiger partial charge < -0.3 is 4.84 Å². The van der Waals surface area contributed by atoms with Crippen LogP contribution in [0.15, 0.2) is 53.7 Å². The first-order valence-corrected chi connectivity index (χ1v) is 9.20. The van der Waals surface area contributed by atoms with Gasteiger partial charge in [-0.15, -0.1) is 11.3 Å². The van der Waals surface area contributed by atoms with Gasteiger partial charge in [0.15, 0.2) is 0 Å². The highest BCUT2D eigenvalue weighted by Crippen LogP contribution is 2.29.